The van der Waals surface area contributed by atoms with Crippen LogP contribution >= 0.6 is 0 Å². The monoisotopic (exact) mass is 397 g/mol. The fraction of sp³-hybridized carbons (Fsp3) is 0.529. The maximum absolute atomic E-state index is 12.7. The molecule has 9 nitrogen and oxygen atoms in total. The minimum atomic E-state index is -3.71. The number of non-ortho nitro benzene ring substituents is 1. The third kappa shape index (κ3) is 4.82. The summed E-state index contributed by atoms with van der Waals surface area (Å²) in [7, 11) is -3.71. The van der Waals surface area contributed by atoms with Crippen LogP contribution in [0.15, 0.2) is 23.1 Å². The van der Waals surface area contributed by atoms with Gasteiger partial charge in [-0.05, 0) is 6.07 Å². The lowest BCUT2D eigenvalue weighted by Gasteiger charge is -2.37. The SMILES string of the molecule is CC(C)(C)C(=O)N1CCN(C(=O)c2cc([N+](=O)[O-])cc(S(C)(=O)=O)c2)CC1. The number of hydrogen-bond acceptors (Lipinski definition) is 6. The molecule has 0 unspecified atom stereocenters. The Bertz CT molecular complexity index is 880. The fourth-order valence-corrected chi connectivity index (χ4v) is 3.47. The highest BCUT2D eigenvalue weighted by Crippen LogP contribution is 2.23. The zero-order chi connectivity index (χ0) is 20.6. The largest absolute Gasteiger partial charge is 0.339 e. The van der Waals surface area contributed by atoms with Crippen LogP contribution in [-0.4, -0.2) is 67.4 Å². The number of piperazine rings is 1. The lowest BCUT2D eigenvalue weighted by atomic mass is 9.94. The summed E-state index contributed by atoms with van der Waals surface area (Å²) in [5.74, 6) is -0.504. The number of hydrogen-bond donors (Lipinski definition) is 0. The van der Waals surface area contributed by atoms with Crippen LogP contribution in [-0.2, 0) is 14.6 Å². The fourth-order valence-electron chi connectivity index (χ4n) is 2.80. The van der Waals surface area contributed by atoms with Gasteiger partial charge in [0.1, 0.15) is 0 Å². The summed E-state index contributed by atoms with van der Waals surface area (Å²) in [4.78, 5) is 38.3. The molecule has 1 saturated heterocycles. The number of rotatable bonds is 3. The van der Waals surface area contributed by atoms with Gasteiger partial charge < -0.3 is 9.80 Å². The van der Waals surface area contributed by atoms with Gasteiger partial charge in [-0.2, -0.15) is 0 Å². The van der Waals surface area contributed by atoms with Crippen molar-refractivity contribution in [1.82, 2.24) is 9.80 Å². The third-order valence-electron chi connectivity index (χ3n) is 4.27. The van der Waals surface area contributed by atoms with E-state index < -0.39 is 31.8 Å². The first-order valence-corrected chi connectivity index (χ1v) is 10.3. The average molecular weight is 397 g/mol. The lowest BCUT2D eigenvalue weighted by molar-refractivity contribution is -0.385. The first-order valence-electron chi connectivity index (χ1n) is 8.39. The summed E-state index contributed by atoms with van der Waals surface area (Å²) in [6, 6.07) is 3.16. The molecule has 2 amide bonds. The van der Waals surface area contributed by atoms with E-state index in [1.807, 2.05) is 20.8 Å². The van der Waals surface area contributed by atoms with Crippen molar-refractivity contribution in [2.75, 3.05) is 32.4 Å². The van der Waals surface area contributed by atoms with E-state index in [1.54, 1.807) is 4.90 Å². The third-order valence-corrected chi connectivity index (χ3v) is 5.36. The second kappa shape index (κ2) is 7.26. The predicted molar refractivity (Wildman–Crippen MR) is 98.1 cm³/mol. The number of carbonyl (C=O) groups is 2. The molecule has 0 saturated carbocycles. The van der Waals surface area contributed by atoms with E-state index in [9.17, 15) is 28.1 Å². The van der Waals surface area contributed by atoms with Gasteiger partial charge in [-0.3, -0.25) is 19.7 Å². The molecule has 1 aromatic carbocycles. The van der Waals surface area contributed by atoms with E-state index in [1.165, 1.54) is 4.90 Å². The van der Waals surface area contributed by atoms with Crippen LogP contribution in [0.25, 0.3) is 0 Å². The van der Waals surface area contributed by atoms with Gasteiger partial charge in [-0.25, -0.2) is 8.42 Å². The quantitative estimate of drug-likeness (QED) is 0.561. The first kappa shape index (κ1) is 20.8. The van der Waals surface area contributed by atoms with Crippen LogP contribution in [0, 0.1) is 15.5 Å². The van der Waals surface area contributed by atoms with E-state index in [0.29, 0.717) is 13.1 Å². The molecule has 0 spiro atoms. The Hall–Kier alpha value is -2.49. The highest BCUT2D eigenvalue weighted by atomic mass is 32.2. The molecule has 10 heteroatoms. The van der Waals surface area contributed by atoms with Gasteiger partial charge in [0, 0.05) is 55.5 Å². The second-order valence-corrected chi connectivity index (χ2v) is 9.60. The van der Waals surface area contributed by atoms with E-state index >= 15 is 0 Å². The Kier molecular flexibility index (Phi) is 5.60. The number of nitro benzene ring substituents is 1. The molecule has 27 heavy (non-hydrogen) atoms. The van der Waals surface area contributed by atoms with E-state index in [2.05, 4.69) is 0 Å². The molecule has 0 bridgehead atoms. The maximum Gasteiger partial charge on any atom is 0.271 e. The molecule has 1 fully saturated rings. The van der Waals surface area contributed by atoms with Crippen LogP contribution in [0.3, 0.4) is 0 Å². The van der Waals surface area contributed by atoms with Crippen molar-refractivity contribution in [1.29, 1.82) is 0 Å². The first-order chi connectivity index (χ1) is 12.3. The van der Waals surface area contributed by atoms with Gasteiger partial charge in [-0.15, -0.1) is 0 Å². The molecule has 0 aliphatic carbocycles. The van der Waals surface area contributed by atoms with Crippen molar-refractivity contribution in [2.24, 2.45) is 5.41 Å². The van der Waals surface area contributed by atoms with Gasteiger partial charge in [0.2, 0.25) is 5.91 Å². The summed E-state index contributed by atoms with van der Waals surface area (Å²) in [6.07, 6.45) is 0.928. The summed E-state index contributed by atoms with van der Waals surface area (Å²) in [5, 5.41) is 11.1. The molecule has 0 N–H and O–H groups in total. The molecule has 1 aliphatic rings. The van der Waals surface area contributed by atoms with Crippen molar-refractivity contribution in [2.45, 2.75) is 25.7 Å². The summed E-state index contributed by atoms with van der Waals surface area (Å²) < 4.78 is 23.6. The Morgan fingerprint density at radius 2 is 1.56 bits per heavy atom. The Morgan fingerprint density at radius 3 is 2.00 bits per heavy atom. The Morgan fingerprint density at radius 1 is 1.04 bits per heavy atom. The van der Waals surface area contributed by atoms with E-state index in [4.69, 9.17) is 0 Å². The highest BCUT2D eigenvalue weighted by molar-refractivity contribution is 7.90. The molecule has 2 rings (SSSR count). The van der Waals surface area contributed by atoms with Gasteiger partial charge in [0.05, 0.1) is 9.82 Å². The molecule has 0 atom stereocenters. The van der Waals surface area contributed by atoms with Crippen molar-refractivity contribution in [3.8, 4) is 0 Å². The number of nitrogens with zero attached hydrogens (tertiary/aromatic N) is 3. The number of amides is 2. The number of nitro groups is 1. The number of benzene rings is 1. The molecule has 0 radical (unpaired) electrons. The molecular formula is C17H23N3O6S. The standard InChI is InChI=1S/C17H23N3O6S/c1-17(2,3)16(22)19-7-5-18(6-8-19)15(21)12-9-13(20(23)24)11-14(10-12)27(4,25)26/h9-11H,5-8H2,1-4H3. The van der Waals surface area contributed by atoms with Crippen LogP contribution in [0.1, 0.15) is 31.1 Å². The summed E-state index contributed by atoms with van der Waals surface area (Å²) >= 11 is 0. The Labute approximate surface area is 158 Å². The Balaban J connectivity index is 2.23. The van der Waals surface area contributed by atoms with Crippen molar-refractivity contribution >= 4 is 27.3 Å². The maximum atomic E-state index is 12.7. The van der Waals surface area contributed by atoms with E-state index in [-0.39, 0.29) is 29.5 Å². The average Bonchev–Trinajstić information content (AvgIpc) is 2.58. The van der Waals surface area contributed by atoms with Crippen LogP contribution < -0.4 is 0 Å². The normalized spacial score (nSPS) is 15.6. The molecule has 1 aliphatic heterocycles. The zero-order valence-corrected chi connectivity index (χ0v) is 16.6. The molecule has 1 heterocycles. The van der Waals surface area contributed by atoms with Crippen LogP contribution in [0.5, 0.6) is 0 Å². The zero-order valence-electron chi connectivity index (χ0n) is 15.8. The topological polar surface area (TPSA) is 118 Å². The molecular weight excluding hydrogens is 374 g/mol. The number of carbonyl (C=O) groups excluding carboxylic acids is 2. The van der Waals surface area contributed by atoms with E-state index in [0.717, 1.165) is 24.5 Å². The second-order valence-electron chi connectivity index (χ2n) is 7.58. The van der Waals surface area contributed by atoms with Gasteiger partial charge >= 0.3 is 0 Å². The van der Waals surface area contributed by atoms with Gasteiger partial charge in [-0.1, -0.05) is 20.8 Å². The molecule has 1 aromatic rings. The minimum absolute atomic E-state index is 0.00990. The smallest absolute Gasteiger partial charge is 0.271 e. The van der Waals surface area contributed by atoms with Crippen molar-refractivity contribution in [3.63, 3.8) is 0 Å². The molecule has 0 aromatic heterocycles. The minimum Gasteiger partial charge on any atom is -0.339 e. The van der Waals surface area contributed by atoms with Gasteiger partial charge in [0.15, 0.2) is 9.84 Å². The summed E-state index contributed by atoms with van der Waals surface area (Å²) in [6.45, 7) is 6.73. The van der Waals surface area contributed by atoms with Crippen LogP contribution in [0.4, 0.5) is 5.69 Å². The van der Waals surface area contributed by atoms with Crippen LogP contribution in [0.2, 0.25) is 0 Å². The van der Waals surface area contributed by atoms with Crippen molar-refractivity contribution in [3.05, 3.63) is 33.9 Å². The molecule has 148 valence electrons. The number of sulfone groups is 1. The summed E-state index contributed by atoms with van der Waals surface area (Å²) in [5.41, 5.74) is -1.03. The predicted octanol–water partition coefficient (Wildman–Crippen LogP) is 1.33. The lowest BCUT2D eigenvalue weighted by Crippen LogP contribution is -2.53. The van der Waals surface area contributed by atoms with Crippen molar-refractivity contribution < 1.29 is 22.9 Å². The highest BCUT2D eigenvalue weighted by Gasteiger charge is 2.31. The van der Waals surface area contributed by atoms with Gasteiger partial charge in [0.25, 0.3) is 11.6 Å².